The molecule has 1 amide bonds. The number of nitrogens with two attached hydrogens (primary N) is 1. The number of fused-ring (bicyclic) bond motifs is 1. The molecule has 0 unspecified atom stereocenters. The van der Waals surface area contributed by atoms with E-state index in [0.717, 1.165) is 20.8 Å². The predicted octanol–water partition coefficient (Wildman–Crippen LogP) is 2.19. The number of benzene rings is 1. The lowest BCUT2D eigenvalue weighted by atomic mass is 10.2. The van der Waals surface area contributed by atoms with Crippen molar-refractivity contribution in [1.29, 1.82) is 5.41 Å². The minimum Gasteiger partial charge on any atom is -0.378 e. The Morgan fingerprint density at radius 3 is 2.71 bits per heavy atom. The van der Waals surface area contributed by atoms with Crippen LogP contribution in [0.25, 0.3) is 10.2 Å². The fourth-order valence-electron chi connectivity index (χ4n) is 2.40. The molecule has 0 saturated heterocycles. The van der Waals surface area contributed by atoms with Gasteiger partial charge in [0.25, 0.3) is 11.5 Å². The smallest absolute Gasteiger partial charge is 0.329 e. The molecule has 0 fully saturated rings. The summed E-state index contributed by atoms with van der Waals surface area (Å²) in [5, 5.41) is 10.1. The first-order valence-corrected chi connectivity index (χ1v) is 10.3. The number of thioether (sulfide) groups is 1. The first-order chi connectivity index (χ1) is 13.3. The van der Waals surface area contributed by atoms with Crippen LogP contribution >= 0.6 is 39.0 Å². The van der Waals surface area contributed by atoms with Gasteiger partial charge in [-0.15, -0.1) is 11.3 Å². The summed E-state index contributed by atoms with van der Waals surface area (Å²) in [6.45, 7) is 0. The quantitative estimate of drug-likeness (QED) is 0.390. The van der Waals surface area contributed by atoms with Crippen molar-refractivity contribution in [2.75, 3.05) is 0 Å². The van der Waals surface area contributed by atoms with E-state index in [-0.39, 0.29) is 16.6 Å². The Labute approximate surface area is 175 Å². The number of aromatic nitrogens is 2. The molecule has 0 bridgehead atoms. The van der Waals surface area contributed by atoms with Crippen molar-refractivity contribution in [2.24, 2.45) is 17.8 Å². The Balaban J connectivity index is 1.76. The van der Waals surface area contributed by atoms with Crippen LogP contribution in [0.4, 0.5) is 0 Å². The van der Waals surface area contributed by atoms with Gasteiger partial charge in [-0.05, 0) is 34.8 Å². The number of nitrogens with one attached hydrogen (secondary N) is 2. The summed E-state index contributed by atoms with van der Waals surface area (Å²) >= 11 is 5.38. The van der Waals surface area contributed by atoms with E-state index in [4.69, 9.17) is 11.1 Å². The number of hydrogen-bond acceptors (Lipinski definition) is 6. The van der Waals surface area contributed by atoms with Crippen LogP contribution in [0.1, 0.15) is 11.1 Å². The summed E-state index contributed by atoms with van der Waals surface area (Å²) in [6.07, 6.45) is -0.131. The van der Waals surface area contributed by atoms with Crippen LogP contribution in [-0.2, 0) is 18.3 Å². The lowest BCUT2D eigenvalue weighted by Crippen LogP contribution is -2.32. The maximum Gasteiger partial charge on any atom is 0.329 e. The Kier molecular flexibility index (Phi) is 5.96. The van der Waals surface area contributed by atoms with Gasteiger partial charge in [0.05, 0.1) is 11.8 Å². The van der Waals surface area contributed by atoms with Crippen molar-refractivity contribution in [3.63, 3.8) is 0 Å². The highest BCUT2D eigenvalue weighted by Gasteiger charge is 2.15. The average molecular weight is 480 g/mol. The number of amidine groups is 1. The van der Waals surface area contributed by atoms with Gasteiger partial charge >= 0.3 is 5.69 Å². The zero-order valence-corrected chi connectivity index (χ0v) is 17.7. The summed E-state index contributed by atoms with van der Waals surface area (Å²) < 4.78 is 1.84. The Hall–Kier alpha value is -2.50. The number of aliphatic imine (C=N–C) groups is 1. The molecule has 4 N–H and O–H groups in total. The van der Waals surface area contributed by atoms with Gasteiger partial charge in [0, 0.05) is 17.1 Å². The molecule has 2 heterocycles. The number of aromatic amines is 1. The minimum absolute atomic E-state index is 0.0567. The number of thiophene rings is 1. The third kappa shape index (κ3) is 4.32. The topological polar surface area (TPSA) is 134 Å². The molecule has 0 spiro atoms. The number of nitrogens with zero attached hydrogens (tertiary/aromatic N) is 2. The van der Waals surface area contributed by atoms with E-state index in [2.05, 4.69) is 25.9 Å². The molecule has 0 aliphatic heterocycles. The van der Waals surface area contributed by atoms with Crippen LogP contribution in [0, 0.1) is 5.41 Å². The first-order valence-electron chi connectivity index (χ1n) is 7.85. The largest absolute Gasteiger partial charge is 0.378 e. The summed E-state index contributed by atoms with van der Waals surface area (Å²) in [5.41, 5.74) is 5.94. The Morgan fingerprint density at radius 1 is 1.36 bits per heavy atom. The lowest BCUT2D eigenvalue weighted by Gasteiger charge is -2.03. The van der Waals surface area contributed by atoms with Gasteiger partial charge in [0.1, 0.15) is 9.87 Å². The normalized spacial score (nSPS) is 11.7. The summed E-state index contributed by atoms with van der Waals surface area (Å²) in [4.78, 5) is 43.0. The third-order valence-electron chi connectivity index (χ3n) is 3.80. The standard InChI is InChI=1S/C17H14BrN5O3S2/c1-23-15(25)12-9(7-27-14(12)22-17(23)26)6-11(24)21-16(20)28-13(19)8-2-4-10(18)5-3-8/h2-5,7,19H,6H2,1H3,(H,22,26)(H2,20,21,24). The Bertz CT molecular complexity index is 1220. The van der Waals surface area contributed by atoms with Crippen molar-refractivity contribution in [1.82, 2.24) is 9.55 Å². The number of halogens is 1. The number of carbonyl (C=O) groups is 1. The van der Waals surface area contributed by atoms with E-state index in [1.807, 2.05) is 0 Å². The molecule has 3 rings (SSSR count). The van der Waals surface area contributed by atoms with Gasteiger partial charge in [0.2, 0.25) is 0 Å². The number of hydrogen-bond donors (Lipinski definition) is 3. The summed E-state index contributed by atoms with van der Waals surface area (Å²) in [7, 11) is 1.37. The fourth-order valence-corrected chi connectivity index (χ4v) is 4.22. The zero-order valence-electron chi connectivity index (χ0n) is 14.5. The van der Waals surface area contributed by atoms with E-state index in [1.54, 1.807) is 29.6 Å². The molecule has 0 radical (unpaired) electrons. The molecule has 0 aliphatic carbocycles. The molecule has 28 heavy (non-hydrogen) atoms. The Morgan fingerprint density at radius 2 is 2.04 bits per heavy atom. The van der Waals surface area contributed by atoms with Crippen molar-refractivity contribution >= 4 is 65.4 Å². The highest BCUT2D eigenvalue weighted by Crippen LogP contribution is 2.21. The van der Waals surface area contributed by atoms with Crippen molar-refractivity contribution in [3.05, 3.63) is 66.1 Å². The van der Waals surface area contributed by atoms with E-state index < -0.39 is 17.2 Å². The van der Waals surface area contributed by atoms with Crippen LogP contribution in [0.3, 0.4) is 0 Å². The predicted molar refractivity (Wildman–Crippen MR) is 117 cm³/mol. The second-order valence-electron chi connectivity index (χ2n) is 5.72. The molecular weight excluding hydrogens is 466 g/mol. The number of rotatable bonds is 3. The summed E-state index contributed by atoms with van der Waals surface area (Å²) in [6, 6.07) is 7.11. The number of H-pyrrole nitrogens is 1. The fraction of sp³-hybridized carbons (Fsp3) is 0.118. The van der Waals surface area contributed by atoms with Gasteiger partial charge in [-0.1, -0.05) is 28.1 Å². The van der Waals surface area contributed by atoms with Crippen molar-refractivity contribution in [2.45, 2.75) is 6.42 Å². The van der Waals surface area contributed by atoms with Crippen LogP contribution < -0.4 is 17.0 Å². The molecule has 1 aromatic carbocycles. The highest BCUT2D eigenvalue weighted by atomic mass is 79.9. The minimum atomic E-state index is -0.540. The van der Waals surface area contributed by atoms with Crippen LogP contribution in [-0.4, -0.2) is 25.7 Å². The van der Waals surface area contributed by atoms with Crippen LogP contribution in [0.2, 0.25) is 0 Å². The molecule has 0 aliphatic rings. The van der Waals surface area contributed by atoms with E-state index >= 15 is 0 Å². The van der Waals surface area contributed by atoms with Gasteiger partial charge in [-0.3, -0.25) is 24.5 Å². The first kappa shape index (κ1) is 20.2. The molecule has 144 valence electrons. The van der Waals surface area contributed by atoms with E-state index in [1.165, 1.54) is 18.4 Å². The molecular formula is C17H14BrN5O3S2. The highest BCUT2D eigenvalue weighted by molar-refractivity contribution is 9.10. The van der Waals surface area contributed by atoms with Crippen molar-refractivity contribution < 1.29 is 4.79 Å². The maximum absolute atomic E-state index is 12.3. The molecule has 11 heteroatoms. The summed E-state index contributed by atoms with van der Waals surface area (Å²) in [5.74, 6) is -0.540. The number of carbonyl (C=O) groups excluding carboxylic acids is 1. The van der Waals surface area contributed by atoms with Gasteiger partial charge in [0.15, 0.2) is 5.17 Å². The van der Waals surface area contributed by atoms with Crippen LogP contribution in [0.15, 0.2) is 48.7 Å². The second kappa shape index (κ2) is 8.25. The maximum atomic E-state index is 12.3. The molecule has 0 atom stereocenters. The van der Waals surface area contributed by atoms with E-state index in [9.17, 15) is 14.4 Å². The van der Waals surface area contributed by atoms with Gasteiger partial charge in [-0.25, -0.2) is 4.79 Å². The molecule has 2 aromatic heterocycles. The SMILES string of the molecule is Cn1c(=O)[nH]c2scc(CC(=O)N=C(N)SC(=N)c3ccc(Br)cc3)c2c1=O. The third-order valence-corrected chi connectivity index (χ3v) is 6.01. The van der Waals surface area contributed by atoms with Gasteiger partial charge in [-0.2, -0.15) is 4.99 Å². The van der Waals surface area contributed by atoms with Crippen LogP contribution in [0.5, 0.6) is 0 Å². The molecule has 8 nitrogen and oxygen atoms in total. The van der Waals surface area contributed by atoms with Crippen molar-refractivity contribution in [3.8, 4) is 0 Å². The van der Waals surface area contributed by atoms with E-state index in [0.29, 0.717) is 21.3 Å². The number of amides is 1. The average Bonchev–Trinajstić information content (AvgIpc) is 3.02. The molecule has 0 saturated carbocycles. The van der Waals surface area contributed by atoms with Gasteiger partial charge < -0.3 is 5.73 Å². The second-order valence-corrected chi connectivity index (χ2v) is 8.54. The lowest BCUT2D eigenvalue weighted by molar-refractivity contribution is -0.117. The zero-order chi connectivity index (χ0) is 20.4. The monoisotopic (exact) mass is 479 g/mol. The molecule has 3 aromatic rings.